The summed E-state index contributed by atoms with van der Waals surface area (Å²) in [6.45, 7) is 2.77. The summed E-state index contributed by atoms with van der Waals surface area (Å²) >= 11 is 1.42. The molecule has 6 heteroatoms. The van der Waals surface area contributed by atoms with E-state index in [9.17, 15) is 9.90 Å². The normalized spacial score (nSPS) is 19.3. The van der Waals surface area contributed by atoms with Gasteiger partial charge in [-0.25, -0.2) is 0 Å². The number of nitrogens with one attached hydrogen (secondary N) is 1. The maximum Gasteiger partial charge on any atom is 0.266 e. The molecule has 4 rings (SSSR count). The number of nitrogens with two attached hydrogens (primary N) is 1. The van der Waals surface area contributed by atoms with E-state index in [1.54, 1.807) is 12.1 Å². The number of hydrogen-bond acceptors (Lipinski definition) is 5. The molecule has 1 saturated heterocycles. The zero-order valence-corrected chi connectivity index (χ0v) is 14.7. The van der Waals surface area contributed by atoms with E-state index < -0.39 is 0 Å². The van der Waals surface area contributed by atoms with E-state index in [1.807, 2.05) is 17.5 Å². The number of aromatic amines is 1. The summed E-state index contributed by atoms with van der Waals surface area (Å²) in [5, 5.41) is 14.1. The van der Waals surface area contributed by atoms with Gasteiger partial charge in [0.15, 0.2) is 0 Å². The molecular formula is C19H21N3O2S. The SMILES string of the molecule is NC1CCCN(CC=Cc2c(O)ccc3[nH]c(=O)c4sccc4c23)C1. The highest BCUT2D eigenvalue weighted by Crippen LogP contribution is 2.33. The lowest BCUT2D eigenvalue weighted by Crippen LogP contribution is -2.42. The Morgan fingerprint density at radius 1 is 1.40 bits per heavy atom. The van der Waals surface area contributed by atoms with Crippen molar-refractivity contribution in [2.75, 3.05) is 19.6 Å². The van der Waals surface area contributed by atoms with E-state index in [1.165, 1.54) is 11.3 Å². The standard InChI is InChI=1S/C19H21N3O2S/c20-12-3-1-8-22(11-12)9-2-4-13-16(23)6-5-15-17(13)14-7-10-25-18(14)19(24)21-15/h2,4-7,10,12,23H,1,3,8-9,11,20H2,(H,21,24). The second kappa shape index (κ2) is 6.63. The van der Waals surface area contributed by atoms with Gasteiger partial charge in [-0.3, -0.25) is 9.69 Å². The molecule has 5 nitrogen and oxygen atoms in total. The molecule has 25 heavy (non-hydrogen) atoms. The van der Waals surface area contributed by atoms with Crippen molar-refractivity contribution < 1.29 is 5.11 Å². The first-order valence-corrected chi connectivity index (χ1v) is 9.41. The molecule has 0 amide bonds. The lowest BCUT2D eigenvalue weighted by atomic mass is 10.0. The zero-order valence-electron chi connectivity index (χ0n) is 13.9. The van der Waals surface area contributed by atoms with Crippen molar-refractivity contribution in [1.29, 1.82) is 0 Å². The fourth-order valence-electron chi connectivity index (χ4n) is 3.61. The van der Waals surface area contributed by atoms with Crippen LogP contribution in [0.15, 0.2) is 34.4 Å². The van der Waals surface area contributed by atoms with Gasteiger partial charge in [0.1, 0.15) is 10.4 Å². The molecule has 1 fully saturated rings. The molecule has 3 aromatic rings. The average molecular weight is 355 g/mol. The second-order valence-corrected chi connectivity index (χ2v) is 7.52. The minimum atomic E-state index is -0.0829. The van der Waals surface area contributed by atoms with Crippen LogP contribution in [0.3, 0.4) is 0 Å². The quantitative estimate of drug-likeness (QED) is 0.675. The van der Waals surface area contributed by atoms with E-state index in [-0.39, 0.29) is 17.4 Å². The van der Waals surface area contributed by atoms with Gasteiger partial charge in [0.05, 0.1) is 0 Å². The topological polar surface area (TPSA) is 82.3 Å². The Bertz CT molecular complexity index is 1000. The molecule has 1 aliphatic heterocycles. The van der Waals surface area contributed by atoms with Gasteiger partial charge in [-0.1, -0.05) is 12.2 Å². The summed E-state index contributed by atoms with van der Waals surface area (Å²) in [5.41, 5.74) is 7.44. The van der Waals surface area contributed by atoms with E-state index in [0.717, 1.165) is 54.3 Å². The third-order valence-corrected chi connectivity index (χ3v) is 5.71. The Balaban J connectivity index is 1.73. The van der Waals surface area contributed by atoms with E-state index >= 15 is 0 Å². The van der Waals surface area contributed by atoms with Crippen LogP contribution in [0, 0.1) is 0 Å². The zero-order chi connectivity index (χ0) is 17.4. The van der Waals surface area contributed by atoms with Crippen molar-refractivity contribution in [3.8, 4) is 5.75 Å². The first-order valence-electron chi connectivity index (χ1n) is 8.53. The van der Waals surface area contributed by atoms with Gasteiger partial charge < -0.3 is 15.8 Å². The van der Waals surface area contributed by atoms with Gasteiger partial charge in [0, 0.05) is 41.0 Å². The van der Waals surface area contributed by atoms with Gasteiger partial charge in [0.2, 0.25) is 0 Å². The van der Waals surface area contributed by atoms with Gasteiger partial charge in [-0.05, 0) is 43.0 Å². The molecular weight excluding hydrogens is 334 g/mol. The first kappa shape index (κ1) is 16.3. The minimum Gasteiger partial charge on any atom is -0.507 e. The first-order chi connectivity index (χ1) is 12.1. The molecule has 1 aliphatic rings. The van der Waals surface area contributed by atoms with E-state index in [4.69, 9.17) is 5.73 Å². The number of rotatable bonds is 3. The number of pyridine rings is 1. The van der Waals surface area contributed by atoms with Crippen molar-refractivity contribution in [1.82, 2.24) is 9.88 Å². The molecule has 130 valence electrons. The number of nitrogens with zero attached hydrogens (tertiary/aromatic N) is 1. The number of aromatic nitrogens is 1. The van der Waals surface area contributed by atoms with Gasteiger partial charge >= 0.3 is 0 Å². The number of thiophene rings is 1. The molecule has 1 aromatic carbocycles. The summed E-state index contributed by atoms with van der Waals surface area (Å²) in [6.07, 6.45) is 6.24. The van der Waals surface area contributed by atoms with Crippen molar-refractivity contribution in [2.24, 2.45) is 5.73 Å². The van der Waals surface area contributed by atoms with Crippen LogP contribution in [-0.4, -0.2) is 40.7 Å². The number of benzene rings is 1. The van der Waals surface area contributed by atoms with Gasteiger partial charge in [-0.15, -0.1) is 11.3 Å². The maximum atomic E-state index is 12.2. The molecule has 2 aromatic heterocycles. The van der Waals surface area contributed by atoms with Crippen LogP contribution < -0.4 is 11.3 Å². The van der Waals surface area contributed by atoms with Crippen molar-refractivity contribution in [3.05, 3.63) is 45.6 Å². The highest BCUT2D eigenvalue weighted by atomic mass is 32.1. The Hall–Kier alpha value is -2.15. The molecule has 0 radical (unpaired) electrons. The lowest BCUT2D eigenvalue weighted by Gasteiger charge is -2.29. The van der Waals surface area contributed by atoms with Crippen LogP contribution in [0.5, 0.6) is 5.75 Å². The van der Waals surface area contributed by atoms with Crippen molar-refractivity contribution in [3.63, 3.8) is 0 Å². The monoisotopic (exact) mass is 355 g/mol. The van der Waals surface area contributed by atoms with Gasteiger partial charge in [-0.2, -0.15) is 0 Å². The average Bonchev–Trinajstić information content (AvgIpc) is 3.08. The fraction of sp³-hybridized carbons (Fsp3) is 0.316. The molecule has 0 spiro atoms. The molecule has 0 saturated carbocycles. The molecule has 1 atom stereocenters. The maximum absolute atomic E-state index is 12.2. The largest absolute Gasteiger partial charge is 0.507 e. The van der Waals surface area contributed by atoms with Crippen LogP contribution in [0.1, 0.15) is 18.4 Å². The van der Waals surface area contributed by atoms with Crippen LogP contribution in [0.4, 0.5) is 0 Å². The summed E-state index contributed by atoms with van der Waals surface area (Å²) < 4.78 is 0.690. The Kier molecular flexibility index (Phi) is 4.33. The molecule has 0 aliphatic carbocycles. The predicted molar refractivity (Wildman–Crippen MR) is 104 cm³/mol. The molecule has 3 heterocycles. The van der Waals surface area contributed by atoms with Crippen LogP contribution in [0.2, 0.25) is 0 Å². The van der Waals surface area contributed by atoms with Crippen LogP contribution in [-0.2, 0) is 0 Å². The van der Waals surface area contributed by atoms with Crippen molar-refractivity contribution >= 4 is 38.4 Å². The number of phenolic OH excluding ortho intramolecular Hbond substituents is 1. The summed E-state index contributed by atoms with van der Waals surface area (Å²) in [6, 6.07) is 5.58. The van der Waals surface area contributed by atoms with E-state index in [0.29, 0.717) is 4.70 Å². The number of fused-ring (bicyclic) bond motifs is 3. The van der Waals surface area contributed by atoms with Gasteiger partial charge in [0.25, 0.3) is 5.56 Å². The third kappa shape index (κ3) is 3.08. The minimum absolute atomic E-state index is 0.0829. The summed E-state index contributed by atoms with van der Waals surface area (Å²) in [7, 11) is 0. The number of aromatic hydroxyl groups is 1. The fourth-order valence-corrected chi connectivity index (χ4v) is 4.40. The molecule has 0 bridgehead atoms. The lowest BCUT2D eigenvalue weighted by molar-refractivity contribution is 0.229. The van der Waals surface area contributed by atoms with Crippen LogP contribution in [0.25, 0.3) is 27.1 Å². The summed E-state index contributed by atoms with van der Waals surface area (Å²) in [4.78, 5) is 17.4. The second-order valence-electron chi connectivity index (χ2n) is 6.60. The highest BCUT2D eigenvalue weighted by molar-refractivity contribution is 7.17. The number of piperidine rings is 1. The number of H-pyrrole nitrogens is 1. The number of hydrogen-bond donors (Lipinski definition) is 3. The van der Waals surface area contributed by atoms with E-state index in [2.05, 4.69) is 16.0 Å². The Morgan fingerprint density at radius 3 is 3.12 bits per heavy atom. The third-order valence-electron chi connectivity index (χ3n) is 4.80. The number of likely N-dealkylation sites (tertiary alicyclic amines) is 1. The van der Waals surface area contributed by atoms with Crippen LogP contribution >= 0.6 is 11.3 Å². The Labute approximate surface area is 149 Å². The summed E-state index contributed by atoms with van der Waals surface area (Å²) in [5.74, 6) is 0.221. The molecule has 1 unspecified atom stereocenters. The number of phenols is 1. The smallest absolute Gasteiger partial charge is 0.266 e. The van der Waals surface area contributed by atoms with Crippen molar-refractivity contribution in [2.45, 2.75) is 18.9 Å². The Morgan fingerprint density at radius 2 is 2.28 bits per heavy atom. The predicted octanol–water partition coefficient (Wildman–Crippen LogP) is 2.88. The molecule has 4 N–H and O–H groups in total. The highest BCUT2D eigenvalue weighted by Gasteiger charge is 2.15.